The lowest BCUT2D eigenvalue weighted by molar-refractivity contribution is 0.0697. The molecule has 0 spiro atoms. The van der Waals surface area contributed by atoms with E-state index in [0.717, 1.165) is 25.8 Å². The minimum atomic E-state index is -0.969. The molecule has 1 aromatic carbocycles. The first-order chi connectivity index (χ1) is 9.58. The predicted octanol–water partition coefficient (Wildman–Crippen LogP) is 3.18. The average Bonchev–Trinajstić information content (AvgIpc) is 2.64. The van der Waals surface area contributed by atoms with Crippen LogP contribution in [0.2, 0.25) is 0 Å². The quantitative estimate of drug-likeness (QED) is 0.871. The number of carboxylic acid groups (broad SMARTS) is 1. The van der Waals surface area contributed by atoms with Crippen LogP contribution in [0.5, 0.6) is 0 Å². The summed E-state index contributed by atoms with van der Waals surface area (Å²) in [6.07, 6.45) is 4.40. The molecule has 5 heteroatoms. The van der Waals surface area contributed by atoms with Gasteiger partial charge in [0.1, 0.15) is 0 Å². The third-order valence-corrected chi connectivity index (χ3v) is 3.70. The summed E-state index contributed by atoms with van der Waals surface area (Å²) in [6, 6.07) is 6.35. The molecule has 0 bridgehead atoms. The van der Waals surface area contributed by atoms with E-state index in [4.69, 9.17) is 5.11 Å². The highest BCUT2D eigenvalue weighted by Gasteiger charge is 2.21. The number of carboxylic acids is 1. The minimum Gasteiger partial charge on any atom is -0.478 e. The Morgan fingerprint density at radius 2 is 1.90 bits per heavy atom. The van der Waals surface area contributed by atoms with E-state index in [0.29, 0.717) is 5.69 Å². The topological polar surface area (TPSA) is 69.6 Å². The number of nitrogens with zero attached hydrogens (tertiary/aromatic N) is 1. The average molecular weight is 276 g/mol. The molecule has 2 amide bonds. The highest BCUT2D eigenvalue weighted by molar-refractivity contribution is 5.91. The van der Waals surface area contributed by atoms with Crippen LogP contribution in [0, 0.1) is 0 Å². The summed E-state index contributed by atoms with van der Waals surface area (Å²) in [6.45, 7) is 2.85. The van der Waals surface area contributed by atoms with Crippen molar-refractivity contribution in [2.75, 3.05) is 11.9 Å². The van der Waals surface area contributed by atoms with Crippen molar-refractivity contribution >= 4 is 17.7 Å². The summed E-state index contributed by atoms with van der Waals surface area (Å²) in [7, 11) is 0. The van der Waals surface area contributed by atoms with E-state index in [9.17, 15) is 9.59 Å². The number of benzene rings is 1. The summed E-state index contributed by atoms with van der Waals surface area (Å²) >= 11 is 0. The van der Waals surface area contributed by atoms with Crippen molar-refractivity contribution in [3.05, 3.63) is 29.8 Å². The molecule has 108 valence electrons. The zero-order chi connectivity index (χ0) is 14.5. The highest BCUT2D eigenvalue weighted by atomic mass is 16.4. The van der Waals surface area contributed by atoms with Gasteiger partial charge in [0.05, 0.1) is 5.56 Å². The maximum Gasteiger partial charge on any atom is 0.335 e. The standard InChI is InChI=1S/C15H20N2O3/c1-11-5-3-2-4-10-17(11)15(20)16-13-8-6-12(7-9-13)14(18)19/h6-9,11H,2-5,10H2,1H3,(H,16,20)(H,18,19). The third-order valence-electron chi connectivity index (χ3n) is 3.70. The molecule has 20 heavy (non-hydrogen) atoms. The molecule has 0 aliphatic carbocycles. The fourth-order valence-electron chi connectivity index (χ4n) is 2.47. The second-order valence-electron chi connectivity index (χ2n) is 5.20. The van der Waals surface area contributed by atoms with Gasteiger partial charge < -0.3 is 15.3 Å². The molecule has 1 fully saturated rings. The summed E-state index contributed by atoms with van der Waals surface area (Å²) in [5.74, 6) is -0.969. The molecule has 0 aromatic heterocycles. The first-order valence-corrected chi connectivity index (χ1v) is 6.99. The van der Waals surface area contributed by atoms with Crippen LogP contribution in [-0.4, -0.2) is 34.6 Å². The summed E-state index contributed by atoms with van der Waals surface area (Å²) in [4.78, 5) is 24.9. The highest BCUT2D eigenvalue weighted by Crippen LogP contribution is 2.18. The van der Waals surface area contributed by atoms with Crippen LogP contribution in [-0.2, 0) is 0 Å². The van der Waals surface area contributed by atoms with Crippen LogP contribution < -0.4 is 5.32 Å². The van der Waals surface area contributed by atoms with Crippen LogP contribution in [0.4, 0.5) is 10.5 Å². The smallest absolute Gasteiger partial charge is 0.335 e. The van der Waals surface area contributed by atoms with Crippen LogP contribution in [0.3, 0.4) is 0 Å². The maximum absolute atomic E-state index is 12.2. The molecule has 1 aromatic rings. The van der Waals surface area contributed by atoms with Gasteiger partial charge in [-0.3, -0.25) is 0 Å². The number of nitrogens with one attached hydrogen (secondary N) is 1. The van der Waals surface area contributed by atoms with Gasteiger partial charge in [-0.25, -0.2) is 9.59 Å². The lowest BCUT2D eigenvalue weighted by Crippen LogP contribution is -2.41. The molecule has 1 heterocycles. The van der Waals surface area contributed by atoms with Gasteiger partial charge in [-0.05, 0) is 44.0 Å². The zero-order valence-corrected chi connectivity index (χ0v) is 11.6. The van der Waals surface area contributed by atoms with E-state index in [1.165, 1.54) is 18.6 Å². The molecular weight excluding hydrogens is 256 g/mol. The summed E-state index contributed by atoms with van der Waals surface area (Å²) in [5, 5.41) is 11.7. The molecule has 1 aliphatic rings. The van der Waals surface area contributed by atoms with Gasteiger partial charge in [0.15, 0.2) is 0 Å². The molecule has 2 N–H and O–H groups in total. The first kappa shape index (κ1) is 14.4. The molecule has 5 nitrogen and oxygen atoms in total. The van der Waals surface area contributed by atoms with Gasteiger partial charge in [-0.2, -0.15) is 0 Å². The molecule has 1 saturated heterocycles. The van der Waals surface area contributed by atoms with Crippen molar-refractivity contribution in [2.45, 2.75) is 38.6 Å². The number of amides is 2. The number of hydrogen-bond acceptors (Lipinski definition) is 2. The van der Waals surface area contributed by atoms with Crippen molar-refractivity contribution in [1.82, 2.24) is 4.90 Å². The normalized spacial score (nSPS) is 19.2. The van der Waals surface area contributed by atoms with Crippen molar-refractivity contribution in [3.63, 3.8) is 0 Å². The summed E-state index contributed by atoms with van der Waals surface area (Å²) in [5.41, 5.74) is 0.836. The van der Waals surface area contributed by atoms with Gasteiger partial charge in [0, 0.05) is 18.3 Å². The third kappa shape index (κ3) is 3.50. The number of carbonyl (C=O) groups excluding carboxylic acids is 1. The Morgan fingerprint density at radius 1 is 1.20 bits per heavy atom. The maximum atomic E-state index is 12.2. The molecule has 0 saturated carbocycles. The Balaban J connectivity index is 2.01. The van der Waals surface area contributed by atoms with Crippen LogP contribution in [0.1, 0.15) is 43.0 Å². The second-order valence-corrected chi connectivity index (χ2v) is 5.20. The first-order valence-electron chi connectivity index (χ1n) is 6.99. The van der Waals surface area contributed by atoms with E-state index in [1.54, 1.807) is 12.1 Å². The number of anilines is 1. The Labute approximate surface area is 118 Å². The number of urea groups is 1. The van der Waals surface area contributed by atoms with Crippen molar-refractivity contribution in [3.8, 4) is 0 Å². The zero-order valence-electron chi connectivity index (χ0n) is 11.6. The van der Waals surface area contributed by atoms with E-state index in [-0.39, 0.29) is 17.6 Å². The Kier molecular flexibility index (Phi) is 4.61. The van der Waals surface area contributed by atoms with E-state index >= 15 is 0 Å². The fraction of sp³-hybridized carbons (Fsp3) is 0.467. The number of likely N-dealkylation sites (tertiary alicyclic amines) is 1. The number of aromatic carboxylic acids is 1. The van der Waals surface area contributed by atoms with E-state index in [1.807, 2.05) is 4.90 Å². The van der Waals surface area contributed by atoms with Crippen LogP contribution in [0.25, 0.3) is 0 Å². The Morgan fingerprint density at radius 3 is 2.55 bits per heavy atom. The van der Waals surface area contributed by atoms with Crippen molar-refractivity contribution in [1.29, 1.82) is 0 Å². The number of rotatable bonds is 2. The van der Waals surface area contributed by atoms with E-state index < -0.39 is 5.97 Å². The predicted molar refractivity (Wildman–Crippen MR) is 77.1 cm³/mol. The lowest BCUT2D eigenvalue weighted by Gasteiger charge is -2.27. The fourth-order valence-corrected chi connectivity index (χ4v) is 2.47. The van der Waals surface area contributed by atoms with Crippen molar-refractivity contribution < 1.29 is 14.7 Å². The van der Waals surface area contributed by atoms with E-state index in [2.05, 4.69) is 12.2 Å². The molecule has 1 unspecified atom stereocenters. The lowest BCUT2D eigenvalue weighted by atomic mass is 10.1. The molecule has 1 atom stereocenters. The largest absolute Gasteiger partial charge is 0.478 e. The Bertz CT molecular complexity index is 484. The molecule has 2 rings (SSSR count). The second kappa shape index (κ2) is 6.41. The van der Waals surface area contributed by atoms with Gasteiger partial charge in [-0.15, -0.1) is 0 Å². The summed E-state index contributed by atoms with van der Waals surface area (Å²) < 4.78 is 0. The molecule has 0 radical (unpaired) electrons. The van der Waals surface area contributed by atoms with Crippen LogP contribution >= 0.6 is 0 Å². The Hall–Kier alpha value is -2.04. The van der Waals surface area contributed by atoms with Gasteiger partial charge in [-0.1, -0.05) is 12.8 Å². The number of hydrogen-bond donors (Lipinski definition) is 2. The van der Waals surface area contributed by atoms with Gasteiger partial charge in [0.2, 0.25) is 0 Å². The number of carbonyl (C=O) groups is 2. The van der Waals surface area contributed by atoms with Crippen molar-refractivity contribution in [2.24, 2.45) is 0 Å². The monoisotopic (exact) mass is 276 g/mol. The van der Waals surface area contributed by atoms with Crippen LogP contribution in [0.15, 0.2) is 24.3 Å². The van der Waals surface area contributed by atoms with Gasteiger partial charge >= 0.3 is 12.0 Å². The van der Waals surface area contributed by atoms with Gasteiger partial charge in [0.25, 0.3) is 0 Å². The molecule has 1 aliphatic heterocycles. The minimum absolute atomic E-state index is 0.109. The molecular formula is C15H20N2O3. The SMILES string of the molecule is CC1CCCCCN1C(=O)Nc1ccc(C(=O)O)cc1.